The maximum absolute atomic E-state index is 12.4. The lowest BCUT2D eigenvalue weighted by atomic mass is 10.1. The molecular weight excluding hydrogens is 298 g/mol. The summed E-state index contributed by atoms with van der Waals surface area (Å²) < 4.78 is 27.4. The van der Waals surface area contributed by atoms with Crippen LogP contribution in [0.5, 0.6) is 0 Å². The Kier molecular flexibility index (Phi) is 4.73. The average molecular weight is 319 g/mol. The summed E-state index contributed by atoms with van der Waals surface area (Å²) >= 11 is 0. The number of rotatable bonds is 5. The Hall–Kier alpha value is -1.47. The molecule has 22 heavy (non-hydrogen) atoms. The minimum atomic E-state index is -3.44. The summed E-state index contributed by atoms with van der Waals surface area (Å²) in [6.45, 7) is 5.06. The molecule has 0 aromatic heterocycles. The van der Waals surface area contributed by atoms with Crippen molar-refractivity contribution in [2.75, 3.05) is 39.3 Å². The lowest BCUT2D eigenvalue weighted by molar-refractivity contribution is 0.245. The second-order valence-electron chi connectivity index (χ2n) is 5.50. The zero-order chi connectivity index (χ0) is 15.4. The molecule has 3 rings (SSSR count). The fourth-order valence-corrected chi connectivity index (χ4v) is 3.75. The van der Waals surface area contributed by atoms with Gasteiger partial charge in [-0.25, -0.2) is 13.1 Å². The van der Waals surface area contributed by atoms with Crippen LogP contribution >= 0.6 is 0 Å². The molecule has 0 amide bonds. The molecule has 1 fully saturated rings. The third-order valence-electron chi connectivity index (χ3n) is 3.96. The van der Waals surface area contributed by atoms with Gasteiger partial charge >= 0.3 is 0 Å². The molecular formula is C16H21N3O2S. The highest BCUT2D eigenvalue weighted by Gasteiger charge is 2.15. The van der Waals surface area contributed by atoms with Gasteiger partial charge in [0, 0.05) is 39.3 Å². The molecule has 0 saturated carbocycles. The van der Waals surface area contributed by atoms with Crippen LogP contribution in [-0.4, -0.2) is 52.6 Å². The van der Waals surface area contributed by atoms with Crippen molar-refractivity contribution in [1.82, 2.24) is 14.9 Å². The fraction of sp³-hybridized carbons (Fsp3) is 0.375. The van der Waals surface area contributed by atoms with Crippen molar-refractivity contribution in [2.24, 2.45) is 0 Å². The van der Waals surface area contributed by atoms with Gasteiger partial charge in [-0.3, -0.25) is 4.90 Å². The van der Waals surface area contributed by atoms with E-state index in [4.69, 9.17) is 0 Å². The smallest absolute Gasteiger partial charge is 0.240 e. The van der Waals surface area contributed by atoms with E-state index < -0.39 is 10.0 Å². The highest BCUT2D eigenvalue weighted by Crippen LogP contribution is 2.18. The molecule has 0 radical (unpaired) electrons. The molecule has 6 heteroatoms. The minimum Gasteiger partial charge on any atom is -0.314 e. The fourth-order valence-electron chi connectivity index (χ4n) is 2.69. The van der Waals surface area contributed by atoms with Crippen LogP contribution in [-0.2, 0) is 10.0 Å². The van der Waals surface area contributed by atoms with Gasteiger partial charge in [0.1, 0.15) is 0 Å². The van der Waals surface area contributed by atoms with Gasteiger partial charge in [0.15, 0.2) is 0 Å². The van der Waals surface area contributed by atoms with Gasteiger partial charge in [-0.05, 0) is 22.9 Å². The van der Waals surface area contributed by atoms with E-state index in [0.29, 0.717) is 11.4 Å². The Morgan fingerprint density at radius 1 is 1.05 bits per heavy atom. The summed E-state index contributed by atoms with van der Waals surface area (Å²) in [5.74, 6) is 0. The van der Waals surface area contributed by atoms with E-state index in [1.165, 1.54) is 0 Å². The summed E-state index contributed by atoms with van der Waals surface area (Å²) in [6.07, 6.45) is 0. The zero-order valence-electron chi connectivity index (χ0n) is 12.5. The molecule has 1 aliphatic heterocycles. The number of nitrogens with one attached hydrogen (secondary N) is 2. The maximum atomic E-state index is 12.4. The van der Waals surface area contributed by atoms with E-state index in [1.807, 2.05) is 30.3 Å². The van der Waals surface area contributed by atoms with Crippen LogP contribution in [0.25, 0.3) is 10.8 Å². The number of fused-ring (bicyclic) bond motifs is 1. The van der Waals surface area contributed by atoms with E-state index >= 15 is 0 Å². The molecule has 0 aliphatic carbocycles. The standard InChI is InChI=1S/C16H21N3O2S/c20-22(21,18-9-12-19-10-7-17-8-11-19)16-6-5-14-3-1-2-4-15(14)13-16/h1-6,13,17-18H,7-12H2. The summed E-state index contributed by atoms with van der Waals surface area (Å²) in [5.41, 5.74) is 0. The molecule has 118 valence electrons. The maximum Gasteiger partial charge on any atom is 0.240 e. The molecule has 0 unspecified atom stereocenters. The van der Waals surface area contributed by atoms with E-state index in [0.717, 1.165) is 43.5 Å². The third kappa shape index (κ3) is 3.64. The Bertz CT molecular complexity index is 740. The topological polar surface area (TPSA) is 61.4 Å². The van der Waals surface area contributed by atoms with E-state index in [1.54, 1.807) is 12.1 Å². The molecule has 0 spiro atoms. The van der Waals surface area contributed by atoms with Gasteiger partial charge < -0.3 is 5.32 Å². The highest BCUT2D eigenvalue weighted by molar-refractivity contribution is 7.89. The van der Waals surface area contributed by atoms with Gasteiger partial charge in [0.2, 0.25) is 10.0 Å². The van der Waals surface area contributed by atoms with Crippen LogP contribution in [0.2, 0.25) is 0 Å². The summed E-state index contributed by atoms with van der Waals surface area (Å²) in [4.78, 5) is 2.59. The first-order valence-electron chi connectivity index (χ1n) is 7.57. The summed E-state index contributed by atoms with van der Waals surface area (Å²) in [7, 11) is -3.44. The zero-order valence-corrected chi connectivity index (χ0v) is 13.3. The number of piperazine rings is 1. The van der Waals surface area contributed by atoms with Crippen molar-refractivity contribution in [3.05, 3.63) is 42.5 Å². The normalized spacial score (nSPS) is 16.9. The SMILES string of the molecule is O=S(=O)(NCCN1CCNCC1)c1ccc2ccccc2c1. The predicted octanol–water partition coefficient (Wildman–Crippen LogP) is 1.02. The van der Waals surface area contributed by atoms with Crippen LogP contribution in [0.1, 0.15) is 0 Å². The van der Waals surface area contributed by atoms with Crippen molar-refractivity contribution in [1.29, 1.82) is 0 Å². The van der Waals surface area contributed by atoms with Crippen LogP contribution in [0.15, 0.2) is 47.4 Å². The van der Waals surface area contributed by atoms with Crippen LogP contribution in [0.3, 0.4) is 0 Å². The Balaban J connectivity index is 1.65. The quantitative estimate of drug-likeness (QED) is 0.864. The van der Waals surface area contributed by atoms with E-state index in [2.05, 4.69) is 14.9 Å². The molecule has 2 aromatic rings. The number of benzene rings is 2. The molecule has 0 atom stereocenters. The average Bonchev–Trinajstić information content (AvgIpc) is 2.55. The lowest BCUT2D eigenvalue weighted by Gasteiger charge is -2.27. The number of hydrogen-bond donors (Lipinski definition) is 2. The predicted molar refractivity (Wildman–Crippen MR) is 88.4 cm³/mol. The first-order chi connectivity index (χ1) is 10.6. The largest absolute Gasteiger partial charge is 0.314 e. The highest BCUT2D eigenvalue weighted by atomic mass is 32.2. The monoisotopic (exact) mass is 319 g/mol. The lowest BCUT2D eigenvalue weighted by Crippen LogP contribution is -2.46. The van der Waals surface area contributed by atoms with Gasteiger partial charge in [-0.1, -0.05) is 30.3 Å². The van der Waals surface area contributed by atoms with E-state index in [-0.39, 0.29) is 0 Å². The molecule has 1 heterocycles. The second-order valence-corrected chi connectivity index (χ2v) is 7.27. The third-order valence-corrected chi connectivity index (χ3v) is 5.42. The first kappa shape index (κ1) is 15.4. The minimum absolute atomic E-state index is 0.325. The summed E-state index contributed by atoms with van der Waals surface area (Å²) in [5, 5.41) is 5.27. The summed E-state index contributed by atoms with van der Waals surface area (Å²) in [6, 6.07) is 13.0. The van der Waals surface area contributed by atoms with Gasteiger partial charge in [-0.15, -0.1) is 0 Å². The molecule has 2 N–H and O–H groups in total. The first-order valence-corrected chi connectivity index (χ1v) is 9.05. The number of hydrogen-bond acceptors (Lipinski definition) is 4. The molecule has 5 nitrogen and oxygen atoms in total. The van der Waals surface area contributed by atoms with Crippen molar-refractivity contribution in [2.45, 2.75) is 4.90 Å². The van der Waals surface area contributed by atoms with Gasteiger partial charge in [-0.2, -0.15) is 0 Å². The van der Waals surface area contributed by atoms with Crippen molar-refractivity contribution >= 4 is 20.8 Å². The van der Waals surface area contributed by atoms with Crippen LogP contribution < -0.4 is 10.0 Å². The number of nitrogens with zero attached hydrogens (tertiary/aromatic N) is 1. The van der Waals surface area contributed by atoms with Crippen molar-refractivity contribution in [3.8, 4) is 0 Å². The van der Waals surface area contributed by atoms with Crippen molar-refractivity contribution in [3.63, 3.8) is 0 Å². The second kappa shape index (κ2) is 6.75. The molecule has 1 aliphatic rings. The van der Waals surface area contributed by atoms with Gasteiger partial charge in [0.25, 0.3) is 0 Å². The molecule has 2 aromatic carbocycles. The Morgan fingerprint density at radius 3 is 2.55 bits per heavy atom. The molecule has 1 saturated heterocycles. The van der Waals surface area contributed by atoms with Crippen LogP contribution in [0.4, 0.5) is 0 Å². The number of sulfonamides is 1. The Labute approximate surface area is 131 Å². The van der Waals surface area contributed by atoms with Gasteiger partial charge in [0.05, 0.1) is 4.90 Å². The Morgan fingerprint density at radius 2 is 1.77 bits per heavy atom. The molecule has 0 bridgehead atoms. The van der Waals surface area contributed by atoms with Crippen LogP contribution in [0, 0.1) is 0 Å². The van der Waals surface area contributed by atoms with E-state index in [9.17, 15) is 8.42 Å². The van der Waals surface area contributed by atoms with Crippen molar-refractivity contribution < 1.29 is 8.42 Å².